The first-order chi connectivity index (χ1) is 13.0. The summed E-state index contributed by atoms with van der Waals surface area (Å²) in [5.41, 5.74) is -0.307. The molecule has 0 amide bonds. The van der Waals surface area contributed by atoms with E-state index in [1.54, 1.807) is 0 Å². The van der Waals surface area contributed by atoms with Gasteiger partial charge in [0.2, 0.25) is 0 Å². The van der Waals surface area contributed by atoms with E-state index in [-0.39, 0.29) is 22.2 Å². The van der Waals surface area contributed by atoms with E-state index in [0.717, 1.165) is 44.1 Å². The van der Waals surface area contributed by atoms with Crippen LogP contribution in [0.25, 0.3) is 22.2 Å². The molecule has 0 fully saturated rings. The summed E-state index contributed by atoms with van der Waals surface area (Å²) in [6.07, 6.45) is 4.76. The van der Waals surface area contributed by atoms with Gasteiger partial charge < -0.3 is 0 Å². The van der Waals surface area contributed by atoms with Crippen molar-refractivity contribution in [3.05, 3.63) is 52.7 Å². The zero-order valence-electron chi connectivity index (χ0n) is 14.8. The van der Waals surface area contributed by atoms with Gasteiger partial charge in [0, 0.05) is 12.1 Å². The van der Waals surface area contributed by atoms with Crippen molar-refractivity contribution in [3.8, 4) is 11.3 Å². The third kappa shape index (κ3) is 4.15. The van der Waals surface area contributed by atoms with Crippen LogP contribution >= 0.6 is 0 Å². The summed E-state index contributed by atoms with van der Waals surface area (Å²) in [6, 6.07) is 2.50. The SMILES string of the molecule is CCCCCCn1cnc2cc(-c3cnc(C(F)F)cn3)c(F)cc2c1=O. The number of halogens is 3. The fourth-order valence-electron chi connectivity index (χ4n) is 2.83. The van der Waals surface area contributed by atoms with Gasteiger partial charge in [0.1, 0.15) is 11.5 Å². The van der Waals surface area contributed by atoms with Crippen LogP contribution in [0, 0.1) is 5.82 Å². The topological polar surface area (TPSA) is 60.7 Å². The molecule has 142 valence electrons. The highest BCUT2D eigenvalue weighted by molar-refractivity contribution is 5.83. The Balaban J connectivity index is 1.94. The molecule has 0 atom stereocenters. The number of unbranched alkanes of at least 4 members (excludes halogenated alkanes) is 3. The summed E-state index contributed by atoms with van der Waals surface area (Å²) in [5, 5.41) is 0.173. The molecule has 0 spiro atoms. The molecule has 0 N–H and O–H groups in total. The molecule has 3 rings (SSSR count). The largest absolute Gasteiger partial charge is 0.299 e. The molecule has 0 aliphatic carbocycles. The van der Waals surface area contributed by atoms with Crippen molar-refractivity contribution in [3.63, 3.8) is 0 Å². The van der Waals surface area contributed by atoms with Gasteiger partial charge in [0.05, 0.1) is 35.3 Å². The minimum absolute atomic E-state index is 0.0587. The molecule has 0 aliphatic rings. The maximum Gasteiger partial charge on any atom is 0.281 e. The van der Waals surface area contributed by atoms with E-state index in [1.807, 2.05) is 0 Å². The lowest BCUT2D eigenvalue weighted by molar-refractivity contribution is 0.145. The third-order valence-corrected chi connectivity index (χ3v) is 4.34. The monoisotopic (exact) mass is 376 g/mol. The average Bonchev–Trinajstić information content (AvgIpc) is 2.67. The average molecular weight is 376 g/mol. The summed E-state index contributed by atoms with van der Waals surface area (Å²) >= 11 is 0. The van der Waals surface area contributed by atoms with Gasteiger partial charge in [-0.3, -0.25) is 19.3 Å². The second kappa shape index (κ2) is 8.28. The van der Waals surface area contributed by atoms with Crippen LogP contribution in [0.2, 0.25) is 0 Å². The molecule has 2 aromatic heterocycles. The van der Waals surface area contributed by atoms with Gasteiger partial charge in [-0.15, -0.1) is 0 Å². The van der Waals surface area contributed by atoms with E-state index in [2.05, 4.69) is 21.9 Å². The molecule has 0 bridgehead atoms. The highest BCUT2D eigenvalue weighted by Crippen LogP contribution is 2.25. The molecule has 0 saturated heterocycles. The third-order valence-electron chi connectivity index (χ3n) is 4.34. The van der Waals surface area contributed by atoms with Gasteiger partial charge in [-0.1, -0.05) is 26.2 Å². The van der Waals surface area contributed by atoms with Crippen molar-refractivity contribution in [1.82, 2.24) is 19.5 Å². The lowest BCUT2D eigenvalue weighted by atomic mass is 10.1. The summed E-state index contributed by atoms with van der Waals surface area (Å²) in [5.74, 6) is -0.677. The smallest absolute Gasteiger partial charge is 0.281 e. The quantitative estimate of drug-likeness (QED) is 0.569. The minimum Gasteiger partial charge on any atom is -0.299 e. The molecule has 1 aromatic carbocycles. The fraction of sp³-hybridized carbons (Fsp3) is 0.368. The number of benzene rings is 1. The van der Waals surface area contributed by atoms with Crippen molar-refractivity contribution in [2.75, 3.05) is 0 Å². The van der Waals surface area contributed by atoms with Crippen LogP contribution in [0.1, 0.15) is 44.7 Å². The van der Waals surface area contributed by atoms with Crippen molar-refractivity contribution < 1.29 is 13.2 Å². The van der Waals surface area contributed by atoms with Gasteiger partial charge in [0.15, 0.2) is 0 Å². The Labute approximate surface area is 153 Å². The van der Waals surface area contributed by atoms with E-state index < -0.39 is 17.9 Å². The number of fused-ring (bicyclic) bond motifs is 1. The molecule has 0 unspecified atom stereocenters. The van der Waals surface area contributed by atoms with E-state index in [1.165, 1.54) is 17.0 Å². The summed E-state index contributed by atoms with van der Waals surface area (Å²) < 4.78 is 41.2. The van der Waals surface area contributed by atoms with Gasteiger partial charge in [-0.25, -0.2) is 18.2 Å². The standard InChI is InChI=1S/C19H19F3N4O/c1-2-3-4-5-6-26-11-25-15-8-12(14(20)7-13(15)19(26)27)16-9-24-17(10-23-16)18(21)22/h7-11,18H,2-6H2,1H3. The normalized spacial score (nSPS) is 11.4. The Kier molecular flexibility index (Phi) is 5.83. The zero-order valence-corrected chi connectivity index (χ0v) is 14.8. The first kappa shape index (κ1) is 19.0. The molecule has 0 radical (unpaired) electrons. The molecule has 0 saturated carbocycles. The van der Waals surface area contributed by atoms with Crippen molar-refractivity contribution in [1.29, 1.82) is 0 Å². The van der Waals surface area contributed by atoms with Crippen LogP contribution in [-0.4, -0.2) is 19.5 Å². The minimum atomic E-state index is -2.74. The lowest BCUT2D eigenvalue weighted by Crippen LogP contribution is -2.21. The maximum atomic E-state index is 14.5. The Morgan fingerprint density at radius 2 is 1.89 bits per heavy atom. The fourth-order valence-corrected chi connectivity index (χ4v) is 2.83. The highest BCUT2D eigenvalue weighted by Gasteiger charge is 2.14. The van der Waals surface area contributed by atoms with Crippen LogP contribution in [-0.2, 0) is 6.54 Å². The van der Waals surface area contributed by atoms with Crippen LogP contribution in [0.4, 0.5) is 13.2 Å². The number of hydrogen-bond donors (Lipinski definition) is 0. The van der Waals surface area contributed by atoms with Crippen molar-refractivity contribution in [2.24, 2.45) is 0 Å². The first-order valence-electron chi connectivity index (χ1n) is 8.80. The molecule has 3 aromatic rings. The molecule has 2 heterocycles. The van der Waals surface area contributed by atoms with Crippen LogP contribution in [0.5, 0.6) is 0 Å². The molecular formula is C19H19F3N4O. The number of aryl methyl sites for hydroxylation is 1. The van der Waals surface area contributed by atoms with Gasteiger partial charge in [0.25, 0.3) is 12.0 Å². The molecule has 27 heavy (non-hydrogen) atoms. The molecular weight excluding hydrogens is 357 g/mol. The van der Waals surface area contributed by atoms with E-state index in [0.29, 0.717) is 12.1 Å². The number of nitrogens with zero attached hydrogens (tertiary/aromatic N) is 4. The molecule has 5 nitrogen and oxygen atoms in total. The van der Waals surface area contributed by atoms with Crippen LogP contribution in [0.15, 0.2) is 35.6 Å². The Morgan fingerprint density at radius 3 is 2.56 bits per heavy atom. The van der Waals surface area contributed by atoms with Gasteiger partial charge in [-0.05, 0) is 18.6 Å². The van der Waals surface area contributed by atoms with Crippen LogP contribution in [0.3, 0.4) is 0 Å². The van der Waals surface area contributed by atoms with Crippen molar-refractivity contribution >= 4 is 10.9 Å². The molecule has 8 heteroatoms. The van der Waals surface area contributed by atoms with E-state index in [4.69, 9.17) is 0 Å². The maximum absolute atomic E-state index is 14.5. The highest BCUT2D eigenvalue weighted by atomic mass is 19.3. The van der Waals surface area contributed by atoms with Crippen LogP contribution < -0.4 is 5.56 Å². The zero-order chi connectivity index (χ0) is 19.4. The summed E-state index contributed by atoms with van der Waals surface area (Å²) in [7, 11) is 0. The summed E-state index contributed by atoms with van der Waals surface area (Å²) in [6.45, 7) is 2.64. The summed E-state index contributed by atoms with van der Waals surface area (Å²) in [4.78, 5) is 24.2. The second-order valence-corrected chi connectivity index (χ2v) is 6.28. The lowest BCUT2D eigenvalue weighted by Gasteiger charge is -2.09. The number of aromatic nitrogens is 4. The molecule has 0 aliphatic heterocycles. The Hall–Kier alpha value is -2.77. The predicted molar refractivity (Wildman–Crippen MR) is 96.1 cm³/mol. The number of rotatable bonds is 7. The van der Waals surface area contributed by atoms with Gasteiger partial charge >= 0.3 is 0 Å². The van der Waals surface area contributed by atoms with E-state index >= 15 is 0 Å². The Morgan fingerprint density at radius 1 is 1.07 bits per heavy atom. The van der Waals surface area contributed by atoms with Crippen molar-refractivity contribution in [2.45, 2.75) is 45.6 Å². The number of hydrogen-bond acceptors (Lipinski definition) is 4. The first-order valence-corrected chi connectivity index (χ1v) is 8.80. The van der Waals surface area contributed by atoms with E-state index in [9.17, 15) is 18.0 Å². The van der Waals surface area contributed by atoms with Gasteiger partial charge in [-0.2, -0.15) is 0 Å². The predicted octanol–water partition coefficient (Wildman–Crippen LogP) is 4.51. The Bertz CT molecular complexity index is 987. The number of alkyl halides is 2. The second-order valence-electron chi connectivity index (χ2n) is 6.28.